The molecule has 182 valence electrons. The standard InChI is InChI=1S/C23H28F3N7O/c1-16-4-2-6-27-18(16)13-31-7-3-5-17(12-31)20-29-21(32-8-10-34-11-9-32)19-22(30-20)33(15-28-19)14-23(24,25)26/h2,4,6,15,17H,3,5,7-14H2,1H3. The van der Waals surface area contributed by atoms with Gasteiger partial charge in [-0.15, -0.1) is 0 Å². The van der Waals surface area contributed by atoms with Gasteiger partial charge in [0, 0.05) is 38.3 Å². The first-order valence-electron chi connectivity index (χ1n) is 11.6. The van der Waals surface area contributed by atoms with Crippen molar-refractivity contribution in [3.8, 4) is 0 Å². The van der Waals surface area contributed by atoms with Gasteiger partial charge in [-0.2, -0.15) is 13.2 Å². The van der Waals surface area contributed by atoms with Crippen LogP contribution in [0.2, 0.25) is 0 Å². The summed E-state index contributed by atoms with van der Waals surface area (Å²) in [5.74, 6) is 1.21. The molecule has 2 fully saturated rings. The van der Waals surface area contributed by atoms with Crippen LogP contribution in [0.15, 0.2) is 24.7 Å². The van der Waals surface area contributed by atoms with Crippen molar-refractivity contribution in [1.29, 1.82) is 0 Å². The number of aromatic nitrogens is 5. The molecule has 0 saturated carbocycles. The molecule has 3 aromatic heterocycles. The Labute approximate surface area is 195 Å². The molecule has 0 amide bonds. The molecule has 2 aliphatic heterocycles. The Kier molecular flexibility index (Phi) is 6.39. The summed E-state index contributed by atoms with van der Waals surface area (Å²) in [6.45, 7) is 5.66. The molecule has 0 aliphatic carbocycles. The Balaban J connectivity index is 1.47. The van der Waals surface area contributed by atoms with Gasteiger partial charge in [0.25, 0.3) is 0 Å². The summed E-state index contributed by atoms with van der Waals surface area (Å²) in [5.41, 5.74) is 2.83. The first kappa shape index (κ1) is 23.0. The van der Waals surface area contributed by atoms with Crippen LogP contribution in [0.4, 0.5) is 19.0 Å². The van der Waals surface area contributed by atoms with Crippen molar-refractivity contribution in [1.82, 2.24) is 29.4 Å². The number of pyridine rings is 1. The molecule has 0 N–H and O–H groups in total. The zero-order chi connectivity index (χ0) is 23.7. The number of imidazole rings is 1. The van der Waals surface area contributed by atoms with Crippen LogP contribution >= 0.6 is 0 Å². The number of hydrogen-bond donors (Lipinski definition) is 0. The lowest BCUT2D eigenvalue weighted by molar-refractivity contribution is -0.140. The fourth-order valence-electron chi connectivity index (χ4n) is 4.74. The maximum absolute atomic E-state index is 13.2. The minimum atomic E-state index is -4.36. The van der Waals surface area contributed by atoms with Crippen molar-refractivity contribution >= 4 is 17.0 Å². The number of rotatable bonds is 5. The molecule has 5 rings (SSSR count). The van der Waals surface area contributed by atoms with E-state index in [9.17, 15) is 13.2 Å². The number of likely N-dealkylation sites (tertiary alicyclic amines) is 1. The minimum absolute atomic E-state index is 0.0243. The Hall–Kier alpha value is -2.79. The monoisotopic (exact) mass is 475 g/mol. The molecular formula is C23H28F3N7O. The number of nitrogens with zero attached hydrogens (tertiary/aromatic N) is 7. The van der Waals surface area contributed by atoms with E-state index in [0.29, 0.717) is 43.5 Å². The van der Waals surface area contributed by atoms with Gasteiger partial charge in [-0.3, -0.25) is 9.88 Å². The maximum Gasteiger partial charge on any atom is 0.406 e. The quantitative estimate of drug-likeness (QED) is 0.561. The number of fused-ring (bicyclic) bond motifs is 1. The smallest absolute Gasteiger partial charge is 0.378 e. The van der Waals surface area contributed by atoms with E-state index in [1.54, 1.807) is 6.20 Å². The second-order valence-corrected chi connectivity index (χ2v) is 9.01. The van der Waals surface area contributed by atoms with Gasteiger partial charge in [0.2, 0.25) is 0 Å². The average molecular weight is 476 g/mol. The molecule has 5 heterocycles. The summed E-state index contributed by atoms with van der Waals surface area (Å²) >= 11 is 0. The SMILES string of the molecule is Cc1cccnc1CN1CCCC(c2nc(N3CCOCC3)c3ncn(CC(F)(F)F)c3n2)C1. The van der Waals surface area contributed by atoms with Gasteiger partial charge in [0.05, 0.1) is 25.2 Å². The van der Waals surface area contributed by atoms with Gasteiger partial charge in [-0.25, -0.2) is 15.0 Å². The molecule has 0 spiro atoms. The van der Waals surface area contributed by atoms with Gasteiger partial charge in [0.15, 0.2) is 17.0 Å². The molecule has 8 nitrogen and oxygen atoms in total. The molecule has 3 aromatic rings. The second kappa shape index (κ2) is 9.46. The van der Waals surface area contributed by atoms with Crippen LogP contribution < -0.4 is 4.90 Å². The molecular weight excluding hydrogens is 447 g/mol. The predicted molar refractivity (Wildman–Crippen MR) is 121 cm³/mol. The van der Waals surface area contributed by atoms with E-state index < -0.39 is 12.7 Å². The summed E-state index contributed by atoms with van der Waals surface area (Å²) in [7, 11) is 0. The highest BCUT2D eigenvalue weighted by molar-refractivity contribution is 5.83. The normalized spacial score (nSPS) is 20.2. The number of alkyl halides is 3. The fraction of sp³-hybridized carbons (Fsp3) is 0.565. The molecule has 0 radical (unpaired) electrons. The average Bonchev–Trinajstić information content (AvgIpc) is 3.22. The third-order valence-corrected chi connectivity index (χ3v) is 6.48. The molecule has 2 aliphatic rings. The van der Waals surface area contributed by atoms with Gasteiger partial charge >= 0.3 is 6.18 Å². The molecule has 34 heavy (non-hydrogen) atoms. The first-order chi connectivity index (χ1) is 16.4. The highest BCUT2D eigenvalue weighted by atomic mass is 19.4. The highest BCUT2D eigenvalue weighted by Gasteiger charge is 2.31. The van der Waals surface area contributed by atoms with Gasteiger partial charge < -0.3 is 14.2 Å². The van der Waals surface area contributed by atoms with E-state index in [1.807, 2.05) is 11.0 Å². The molecule has 0 aromatic carbocycles. The van der Waals surface area contributed by atoms with Gasteiger partial charge in [-0.1, -0.05) is 6.07 Å². The van der Waals surface area contributed by atoms with Crippen LogP contribution in [0.25, 0.3) is 11.2 Å². The second-order valence-electron chi connectivity index (χ2n) is 9.01. The van der Waals surface area contributed by atoms with Crippen LogP contribution in [0.1, 0.15) is 35.8 Å². The van der Waals surface area contributed by atoms with Crippen molar-refractivity contribution in [2.24, 2.45) is 0 Å². The van der Waals surface area contributed by atoms with Crippen molar-refractivity contribution in [2.75, 3.05) is 44.3 Å². The fourth-order valence-corrected chi connectivity index (χ4v) is 4.74. The number of aryl methyl sites for hydroxylation is 1. The van der Waals surface area contributed by atoms with E-state index in [1.165, 1.54) is 6.33 Å². The predicted octanol–water partition coefficient (Wildman–Crippen LogP) is 3.31. The molecule has 0 bridgehead atoms. The number of morpholine rings is 1. The van der Waals surface area contributed by atoms with Gasteiger partial charge in [0.1, 0.15) is 12.4 Å². The Morgan fingerprint density at radius 3 is 2.71 bits per heavy atom. The third kappa shape index (κ3) is 5.00. The van der Waals surface area contributed by atoms with Crippen molar-refractivity contribution < 1.29 is 17.9 Å². The van der Waals surface area contributed by atoms with E-state index in [0.717, 1.165) is 48.3 Å². The lowest BCUT2D eigenvalue weighted by Crippen LogP contribution is -2.38. The van der Waals surface area contributed by atoms with Crippen LogP contribution in [0, 0.1) is 6.92 Å². The minimum Gasteiger partial charge on any atom is -0.378 e. The van der Waals surface area contributed by atoms with Crippen LogP contribution in [-0.2, 0) is 17.8 Å². The van der Waals surface area contributed by atoms with E-state index in [-0.39, 0.29) is 11.6 Å². The molecule has 1 atom stereocenters. The summed E-state index contributed by atoms with van der Waals surface area (Å²) < 4.78 is 46.2. The molecule has 2 saturated heterocycles. The van der Waals surface area contributed by atoms with Crippen molar-refractivity contribution in [2.45, 2.75) is 44.9 Å². The van der Waals surface area contributed by atoms with Crippen molar-refractivity contribution in [3.05, 3.63) is 41.7 Å². The number of piperidine rings is 1. The lowest BCUT2D eigenvalue weighted by atomic mass is 9.96. The number of halogens is 3. The number of anilines is 1. The highest BCUT2D eigenvalue weighted by Crippen LogP contribution is 2.31. The third-order valence-electron chi connectivity index (χ3n) is 6.48. The van der Waals surface area contributed by atoms with E-state index >= 15 is 0 Å². The maximum atomic E-state index is 13.2. The molecule has 1 unspecified atom stereocenters. The Bertz CT molecular complexity index is 1140. The summed E-state index contributed by atoms with van der Waals surface area (Å²) in [5, 5.41) is 0. The number of hydrogen-bond acceptors (Lipinski definition) is 7. The number of ether oxygens (including phenoxy) is 1. The lowest BCUT2D eigenvalue weighted by Gasteiger charge is -2.33. The van der Waals surface area contributed by atoms with E-state index in [4.69, 9.17) is 9.72 Å². The van der Waals surface area contributed by atoms with Crippen LogP contribution in [0.3, 0.4) is 0 Å². The summed E-state index contributed by atoms with van der Waals surface area (Å²) in [6, 6.07) is 3.98. The zero-order valence-electron chi connectivity index (χ0n) is 19.1. The Morgan fingerprint density at radius 2 is 1.94 bits per heavy atom. The topological polar surface area (TPSA) is 72.2 Å². The van der Waals surface area contributed by atoms with Crippen molar-refractivity contribution in [3.63, 3.8) is 0 Å². The zero-order valence-corrected chi connectivity index (χ0v) is 19.1. The van der Waals surface area contributed by atoms with Crippen LogP contribution in [0.5, 0.6) is 0 Å². The van der Waals surface area contributed by atoms with E-state index in [2.05, 4.69) is 32.8 Å². The Morgan fingerprint density at radius 1 is 1.12 bits per heavy atom. The summed E-state index contributed by atoms with van der Waals surface area (Å²) in [6.07, 6.45) is 0.515. The largest absolute Gasteiger partial charge is 0.406 e. The summed E-state index contributed by atoms with van der Waals surface area (Å²) in [4.78, 5) is 22.7. The molecule has 11 heteroatoms. The first-order valence-corrected chi connectivity index (χ1v) is 11.6. The van der Waals surface area contributed by atoms with Gasteiger partial charge in [-0.05, 0) is 37.9 Å². The van der Waals surface area contributed by atoms with Crippen LogP contribution in [-0.4, -0.2) is 75.0 Å².